The average molecular weight is 350 g/mol. The van der Waals surface area contributed by atoms with Crippen LogP contribution in [0.3, 0.4) is 0 Å². The third kappa shape index (κ3) is 6.46. The topological polar surface area (TPSA) is 84.2 Å². The lowest BCUT2D eigenvalue weighted by atomic mass is 10.2. The third-order valence-corrected chi connectivity index (χ3v) is 3.94. The van der Waals surface area contributed by atoms with Crippen molar-refractivity contribution in [3.05, 3.63) is 33.8 Å². The van der Waals surface area contributed by atoms with Gasteiger partial charge in [-0.3, -0.25) is 4.79 Å². The van der Waals surface area contributed by atoms with Gasteiger partial charge in [0.15, 0.2) is 0 Å². The highest BCUT2D eigenvalue weighted by atomic mass is 35.5. The highest BCUT2D eigenvalue weighted by molar-refractivity contribution is 7.98. The minimum absolute atomic E-state index is 0.255. The molecule has 0 heterocycles. The number of hydrogen-bond acceptors (Lipinski definition) is 3. The summed E-state index contributed by atoms with van der Waals surface area (Å²) in [7, 11) is 0. The normalized spacial score (nSPS) is 11.8. The van der Waals surface area contributed by atoms with Gasteiger partial charge in [0.05, 0.1) is 0 Å². The fourth-order valence-electron chi connectivity index (χ4n) is 1.65. The summed E-state index contributed by atoms with van der Waals surface area (Å²) >= 11 is 13.4. The Morgan fingerprint density at radius 1 is 1.38 bits per heavy atom. The molecule has 0 unspecified atom stereocenters. The molecular weight excluding hydrogens is 333 g/mol. The lowest BCUT2D eigenvalue weighted by Crippen LogP contribution is -2.48. The molecule has 0 saturated carbocycles. The molecule has 0 fully saturated rings. The van der Waals surface area contributed by atoms with Crippen LogP contribution in [0.15, 0.2) is 18.2 Å². The van der Waals surface area contributed by atoms with E-state index < -0.39 is 12.1 Å². The molecule has 0 aliphatic rings. The molecule has 116 valence electrons. The van der Waals surface area contributed by atoms with Crippen LogP contribution in [0.4, 0.5) is 4.79 Å². The van der Waals surface area contributed by atoms with Crippen LogP contribution in [0.2, 0.25) is 10.0 Å². The number of amides is 3. The quantitative estimate of drug-likeness (QED) is 0.706. The van der Waals surface area contributed by atoms with Crippen molar-refractivity contribution < 1.29 is 9.59 Å². The second-order valence-corrected chi connectivity index (χ2v) is 6.13. The number of carbonyl (C=O) groups excluding carboxylic acids is 2. The van der Waals surface area contributed by atoms with Crippen LogP contribution in [0.25, 0.3) is 0 Å². The van der Waals surface area contributed by atoms with Gasteiger partial charge in [-0.05, 0) is 36.1 Å². The molecule has 0 aromatic heterocycles. The predicted octanol–water partition coefficient (Wildman–Crippen LogP) is 2.40. The van der Waals surface area contributed by atoms with Gasteiger partial charge in [0, 0.05) is 16.6 Å². The van der Waals surface area contributed by atoms with E-state index in [1.807, 2.05) is 6.26 Å². The van der Waals surface area contributed by atoms with Crippen LogP contribution in [-0.4, -0.2) is 30.0 Å². The van der Waals surface area contributed by atoms with Crippen LogP contribution in [-0.2, 0) is 11.3 Å². The van der Waals surface area contributed by atoms with Crippen LogP contribution < -0.4 is 16.4 Å². The molecule has 0 aliphatic carbocycles. The van der Waals surface area contributed by atoms with Crippen LogP contribution in [0.5, 0.6) is 0 Å². The van der Waals surface area contributed by atoms with Gasteiger partial charge in [0.2, 0.25) is 5.91 Å². The number of nitrogens with one attached hydrogen (secondary N) is 2. The SMILES string of the molecule is CSCC[C@H](NC(N)=O)C(=O)NCc1ccc(Cl)cc1Cl. The number of hydrogen-bond donors (Lipinski definition) is 3. The highest BCUT2D eigenvalue weighted by Crippen LogP contribution is 2.20. The molecule has 0 radical (unpaired) electrons. The first kappa shape index (κ1) is 17.9. The van der Waals surface area contributed by atoms with E-state index in [9.17, 15) is 9.59 Å². The number of urea groups is 1. The van der Waals surface area contributed by atoms with Gasteiger partial charge in [-0.2, -0.15) is 11.8 Å². The Bertz CT molecular complexity index is 514. The van der Waals surface area contributed by atoms with Crippen molar-refractivity contribution in [3.8, 4) is 0 Å². The van der Waals surface area contributed by atoms with Crippen molar-refractivity contribution in [1.82, 2.24) is 10.6 Å². The van der Waals surface area contributed by atoms with E-state index >= 15 is 0 Å². The van der Waals surface area contributed by atoms with Crippen molar-refractivity contribution in [2.45, 2.75) is 19.0 Å². The first-order valence-electron chi connectivity index (χ1n) is 6.20. The largest absolute Gasteiger partial charge is 0.352 e. The molecule has 1 atom stereocenters. The number of halogens is 2. The Morgan fingerprint density at radius 2 is 2.10 bits per heavy atom. The molecule has 1 rings (SSSR count). The van der Waals surface area contributed by atoms with Gasteiger partial charge >= 0.3 is 6.03 Å². The fraction of sp³-hybridized carbons (Fsp3) is 0.385. The smallest absolute Gasteiger partial charge is 0.312 e. The molecule has 3 amide bonds. The zero-order chi connectivity index (χ0) is 15.8. The molecule has 5 nitrogen and oxygen atoms in total. The van der Waals surface area contributed by atoms with E-state index in [1.54, 1.807) is 30.0 Å². The molecular formula is C13H17Cl2N3O2S. The van der Waals surface area contributed by atoms with Crippen molar-refractivity contribution in [1.29, 1.82) is 0 Å². The first-order chi connectivity index (χ1) is 9.93. The molecule has 1 aromatic rings. The summed E-state index contributed by atoms with van der Waals surface area (Å²) in [5, 5.41) is 6.17. The van der Waals surface area contributed by atoms with Gasteiger partial charge in [-0.25, -0.2) is 4.79 Å². The van der Waals surface area contributed by atoms with Crippen molar-refractivity contribution in [2.75, 3.05) is 12.0 Å². The first-order valence-corrected chi connectivity index (χ1v) is 8.35. The van der Waals surface area contributed by atoms with Crippen LogP contribution in [0.1, 0.15) is 12.0 Å². The third-order valence-electron chi connectivity index (χ3n) is 2.71. The standard InChI is InChI=1S/C13H17Cl2N3O2S/c1-21-5-4-11(18-13(16)20)12(19)17-7-8-2-3-9(14)6-10(8)15/h2-3,6,11H,4-5,7H2,1H3,(H,17,19)(H3,16,18,20)/t11-/m0/s1. The molecule has 8 heteroatoms. The van der Waals surface area contributed by atoms with Crippen LogP contribution in [0, 0.1) is 0 Å². The van der Waals surface area contributed by atoms with E-state index in [4.69, 9.17) is 28.9 Å². The number of carbonyl (C=O) groups is 2. The average Bonchev–Trinajstić information content (AvgIpc) is 2.41. The molecule has 0 spiro atoms. The monoisotopic (exact) mass is 349 g/mol. The van der Waals surface area contributed by atoms with Gasteiger partial charge in [-0.1, -0.05) is 29.3 Å². The Labute approximate surface area is 137 Å². The Kier molecular flexibility index (Phi) is 7.71. The van der Waals surface area contributed by atoms with Crippen LogP contribution >= 0.6 is 35.0 Å². The van der Waals surface area contributed by atoms with Gasteiger partial charge in [-0.15, -0.1) is 0 Å². The van der Waals surface area contributed by atoms with E-state index in [1.165, 1.54) is 0 Å². The number of benzene rings is 1. The predicted molar refractivity (Wildman–Crippen MR) is 87.8 cm³/mol. The minimum atomic E-state index is -0.722. The molecule has 21 heavy (non-hydrogen) atoms. The Morgan fingerprint density at radius 3 is 2.67 bits per heavy atom. The lowest BCUT2D eigenvalue weighted by molar-refractivity contribution is -0.123. The van der Waals surface area contributed by atoms with Gasteiger partial charge in [0.25, 0.3) is 0 Å². The number of primary amides is 1. The maximum Gasteiger partial charge on any atom is 0.312 e. The minimum Gasteiger partial charge on any atom is -0.352 e. The van der Waals surface area contributed by atoms with Gasteiger partial charge in [0.1, 0.15) is 6.04 Å². The van der Waals surface area contributed by atoms with E-state index in [0.29, 0.717) is 16.5 Å². The summed E-state index contributed by atoms with van der Waals surface area (Å²) in [6, 6.07) is 3.67. The number of nitrogens with two attached hydrogens (primary N) is 1. The summed E-state index contributed by atoms with van der Waals surface area (Å²) in [6.45, 7) is 0.255. The van der Waals surface area contributed by atoms with Crippen molar-refractivity contribution in [3.63, 3.8) is 0 Å². The van der Waals surface area contributed by atoms with Crippen molar-refractivity contribution in [2.24, 2.45) is 5.73 Å². The Balaban J connectivity index is 2.61. The number of rotatable bonds is 7. The second kappa shape index (κ2) is 9.02. The van der Waals surface area contributed by atoms with Gasteiger partial charge < -0.3 is 16.4 Å². The number of thioether (sulfide) groups is 1. The molecule has 0 aliphatic heterocycles. The Hall–Kier alpha value is -1.11. The lowest BCUT2D eigenvalue weighted by Gasteiger charge is -2.17. The zero-order valence-electron chi connectivity index (χ0n) is 11.5. The highest BCUT2D eigenvalue weighted by Gasteiger charge is 2.19. The maximum atomic E-state index is 12.1. The summed E-state index contributed by atoms with van der Waals surface area (Å²) in [6.07, 6.45) is 2.43. The zero-order valence-corrected chi connectivity index (χ0v) is 13.8. The summed E-state index contributed by atoms with van der Waals surface area (Å²) in [4.78, 5) is 23.0. The molecule has 0 bridgehead atoms. The fourth-order valence-corrected chi connectivity index (χ4v) is 2.59. The van der Waals surface area contributed by atoms with E-state index in [-0.39, 0.29) is 12.5 Å². The second-order valence-electron chi connectivity index (χ2n) is 4.30. The summed E-state index contributed by atoms with van der Waals surface area (Å²) in [5.74, 6) is 0.439. The summed E-state index contributed by atoms with van der Waals surface area (Å²) < 4.78 is 0. The van der Waals surface area contributed by atoms with Crippen molar-refractivity contribution >= 4 is 46.9 Å². The maximum absolute atomic E-state index is 12.1. The van der Waals surface area contributed by atoms with E-state index in [0.717, 1.165) is 11.3 Å². The summed E-state index contributed by atoms with van der Waals surface area (Å²) in [5.41, 5.74) is 5.83. The molecule has 4 N–H and O–H groups in total. The molecule has 0 saturated heterocycles. The van der Waals surface area contributed by atoms with E-state index in [2.05, 4.69) is 10.6 Å². The molecule has 1 aromatic carbocycles.